The molecule has 1 aliphatic rings. The molecule has 132 valence electrons. The van der Waals surface area contributed by atoms with Gasteiger partial charge in [0, 0.05) is 25.9 Å². The van der Waals surface area contributed by atoms with Gasteiger partial charge in [0.25, 0.3) is 0 Å². The first-order valence-electron chi connectivity index (χ1n) is 8.03. The molecule has 1 fully saturated rings. The number of nitrogens with zero attached hydrogens (tertiary/aromatic N) is 1. The van der Waals surface area contributed by atoms with Crippen LogP contribution >= 0.6 is 11.6 Å². The lowest BCUT2D eigenvalue weighted by molar-refractivity contribution is 0.0601. The molecule has 0 unspecified atom stereocenters. The molecular formula is C17H23ClN2O4. The SMILES string of the molecule is COC(=O)c1ccc(NC(=O)N(C)CCC[C@@H]2CCCO2)cc1Cl. The predicted octanol–water partition coefficient (Wildman–Crippen LogP) is 3.55. The fourth-order valence-corrected chi connectivity index (χ4v) is 2.87. The first-order valence-corrected chi connectivity index (χ1v) is 8.40. The molecule has 1 N–H and O–H groups in total. The standard InChI is InChI=1S/C17H23ClN2O4/c1-20(9-3-5-13-6-4-10-24-13)17(22)19-12-7-8-14(15(18)11-12)16(21)23-2/h7-8,11,13H,3-6,9-10H2,1-2H3,(H,19,22)/t13-/m1/s1. The van der Waals surface area contributed by atoms with Gasteiger partial charge in [0.1, 0.15) is 0 Å². The Balaban J connectivity index is 1.82. The maximum Gasteiger partial charge on any atom is 0.339 e. The van der Waals surface area contributed by atoms with Crippen LogP contribution in [0.1, 0.15) is 36.0 Å². The average molecular weight is 355 g/mol. The van der Waals surface area contributed by atoms with Crippen molar-refractivity contribution in [2.24, 2.45) is 0 Å². The van der Waals surface area contributed by atoms with E-state index in [4.69, 9.17) is 16.3 Å². The van der Waals surface area contributed by atoms with Gasteiger partial charge < -0.3 is 19.7 Å². The molecular weight excluding hydrogens is 332 g/mol. The van der Waals surface area contributed by atoms with E-state index in [1.54, 1.807) is 18.0 Å². The van der Waals surface area contributed by atoms with Crippen molar-refractivity contribution in [1.29, 1.82) is 0 Å². The van der Waals surface area contributed by atoms with Crippen molar-refractivity contribution in [1.82, 2.24) is 4.90 Å². The number of esters is 1. The van der Waals surface area contributed by atoms with Gasteiger partial charge in [0.05, 0.1) is 23.8 Å². The number of amides is 2. The number of carbonyl (C=O) groups is 2. The zero-order valence-corrected chi connectivity index (χ0v) is 14.8. The summed E-state index contributed by atoms with van der Waals surface area (Å²) in [6, 6.07) is 4.47. The summed E-state index contributed by atoms with van der Waals surface area (Å²) in [7, 11) is 3.04. The van der Waals surface area contributed by atoms with Gasteiger partial charge >= 0.3 is 12.0 Å². The Morgan fingerprint density at radius 2 is 2.25 bits per heavy atom. The highest BCUT2D eigenvalue weighted by Gasteiger charge is 2.16. The second-order valence-electron chi connectivity index (χ2n) is 5.82. The van der Waals surface area contributed by atoms with Crippen molar-refractivity contribution in [3.8, 4) is 0 Å². The second kappa shape index (κ2) is 8.89. The quantitative estimate of drug-likeness (QED) is 0.793. The molecule has 1 aromatic carbocycles. The fourth-order valence-electron chi connectivity index (χ4n) is 2.62. The molecule has 1 aromatic rings. The number of methoxy groups -OCH3 is 1. The van der Waals surface area contributed by atoms with Gasteiger partial charge in [-0.05, 0) is 43.9 Å². The lowest BCUT2D eigenvalue weighted by Gasteiger charge is -2.19. The lowest BCUT2D eigenvalue weighted by Crippen LogP contribution is -2.32. The minimum atomic E-state index is -0.510. The Hall–Kier alpha value is -1.79. The third-order valence-electron chi connectivity index (χ3n) is 4.02. The number of halogens is 1. The number of benzene rings is 1. The van der Waals surface area contributed by atoms with E-state index in [1.165, 1.54) is 19.2 Å². The molecule has 1 atom stereocenters. The number of urea groups is 1. The third kappa shape index (κ3) is 5.11. The lowest BCUT2D eigenvalue weighted by atomic mass is 10.1. The van der Waals surface area contributed by atoms with Gasteiger partial charge in [0.15, 0.2) is 0 Å². The summed E-state index contributed by atoms with van der Waals surface area (Å²) in [5.74, 6) is -0.510. The van der Waals surface area contributed by atoms with Crippen LogP contribution in [0, 0.1) is 0 Å². The number of ether oxygens (including phenoxy) is 2. The minimum Gasteiger partial charge on any atom is -0.465 e. The molecule has 2 rings (SSSR count). The molecule has 24 heavy (non-hydrogen) atoms. The van der Waals surface area contributed by atoms with Gasteiger partial charge in [-0.1, -0.05) is 11.6 Å². The molecule has 7 heteroatoms. The molecule has 0 saturated carbocycles. The smallest absolute Gasteiger partial charge is 0.339 e. The summed E-state index contributed by atoms with van der Waals surface area (Å²) in [6.45, 7) is 1.50. The van der Waals surface area contributed by atoms with Crippen LogP contribution in [0.25, 0.3) is 0 Å². The van der Waals surface area contributed by atoms with Gasteiger partial charge in [0.2, 0.25) is 0 Å². The van der Waals surface area contributed by atoms with Crippen LogP contribution in [0.4, 0.5) is 10.5 Å². The van der Waals surface area contributed by atoms with E-state index in [9.17, 15) is 9.59 Å². The summed E-state index contributed by atoms with van der Waals surface area (Å²) in [5.41, 5.74) is 0.797. The van der Waals surface area contributed by atoms with Gasteiger partial charge in [-0.15, -0.1) is 0 Å². The van der Waals surface area contributed by atoms with Crippen LogP contribution in [0.5, 0.6) is 0 Å². The Labute approximate surface area is 147 Å². The first kappa shape index (κ1) is 18.5. The third-order valence-corrected chi connectivity index (χ3v) is 4.33. The number of carbonyl (C=O) groups excluding carboxylic acids is 2. The van der Waals surface area contributed by atoms with Crippen LogP contribution in [0.2, 0.25) is 5.02 Å². The predicted molar refractivity (Wildman–Crippen MR) is 92.6 cm³/mol. The van der Waals surface area contributed by atoms with E-state index in [1.807, 2.05) is 0 Å². The van der Waals surface area contributed by atoms with Crippen LogP contribution in [0.15, 0.2) is 18.2 Å². The highest BCUT2D eigenvalue weighted by atomic mass is 35.5. The number of hydrogen-bond donors (Lipinski definition) is 1. The molecule has 0 radical (unpaired) electrons. The van der Waals surface area contributed by atoms with Crippen molar-refractivity contribution in [3.63, 3.8) is 0 Å². The molecule has 6 nitrogen and oxygen atoms in total. The summed E-state index contributed by atoms with van der Waals surface area (Å²) in [4.78, 5) is 25.3. The Morgan fingerprint density at radius 3 is 2.88 bits per heavy atom. The van der Waals surface area contributed by atoms with E-state index in [-0.39, 0.29) is 16.6 Å². The normalized spacial score (nSPS) is 16.7. The van der Waals surface area contributed by atoms with E-state index >= 15 is 0 Å². The van der Waals surface area contributed by atoms with Crippen LogP contribution < -0.4 is 5.32 Å². The topological polar surface area (TPSA) is 67.9 Å². The van der Waals surface area contributed by atoms with Gasteiger partial charge in [-0.3, -0.25) is 0 Å². The highest BCUT2D eigenvalue weighted by molar-refractivity contribution is 6.33. The van der Waals surface area contributed by atoms with Crippen molar-refractivity contribution in [2.75, 3.05) is 32.6 Å². The zero-order valence-electron chi connectivity index (χ0n) is 14.0. The fraction of sp³-hybridized carbons (Fsp3) is 0.529. The molecule has 0 aromatic heterocycles. The van der Waals surface area contributed by atoms with Crippen LogP contribution in [-0.2, 0) is 9.47 Å². The maximum atomic E-state index is 12.2. The number of rotatable bonds is 6. The summed E-state index contributed by atoms with van der Waals surface area (Å²) in [6.07, 6.45) is 4.45. The average Bonchev–Trinajstić information content (AvgIpc) is 3.07. The van der Waals surface area contributed by atoms with Gasteiger partial charge in [-0.2, -0.15) is 0 Å². The van der Waals surface area contributed by atoms with E-state index in [0.29, 0.717) is 18.3 Å². The molecule has 0 bridgehead atoms. The van der Waals surface area contributed by atoms with Crippen molar-refractivity contribution in [2.45, 2.75) is 31.8 Å². The molecule has 1 saturated heterocycles. The summed E-state index contributed by atoms with van der Waals surface area (Å²) >= 11 is 6.04. The molecule has 1 heterocycles. The second-order valence-corrected chi connectivity index (χ2v) is 6.22. The van der Waals surface area contributed by atoms with Crippen molar-refractivity contribution in [3.05, 3.63) is 28.8 Å². The molecule has 0 spiro atoms. The molecule has 2 amide bonds. The Kier molecular flexibility index (Phi) is 6.87. The molecule has 0 aliphatic carbocycles. The zero-order chi connectivity index (χ0) is 17.5. The van der Waals surface area contributed by atoms with E-state index < -0.39 is 5.97 Å². The Bertz CT molecular complexity index is 588. The summed E-state index contributed by atoms with van der Waals surface area (Å²) in [5, 5.41) is 3.00. The first-order chi connectivity index (χ1) is 11.5. The molecule has 1 aliphatic heterocycles. The van der Waals surface area contributed by atoms with E-state index in [2.05, 4.69) is 10.1 Å². The highest BCUT2D eigenvalue weighted by Crippen LogP contribution is 2.22. The minimum absolute atomic E-state index is 0.218. The maximum absolute atomic E-state index is 12.2. The summed E-state index contributed by atoms with van der Waals surface area (Å²) < 4.78 is 10.2. The van der Waals surface area contributed by atoms with Crippen molar-refractivity contribution >= 4 is 29.3 Å². The Morgan fingerprint density at radius 1 is 1.46 bits per heavy atom. The largest absolute Gasteiger partial charge is 0.465 e. The number of hydrogen-bond acceptors (Lipinski definition) is 4. The monoisotopic (exact) mass is 354 g/mol. The number of nitrogens with one attached hydrogen (secondary N) is 1. The van der Waals surface area contributed by atoms with E-state index in [0.717, 1.165) is 32.3 Å². The van der Waals surface area contributed by atoms with Crippen LogP contribution in [-0.4, -0.2) is 50.3 Å². The van der Waals surface area contributed by atoms with Crippen molar-refractivity contribution < 1.29 is 19.1 Å². The number of anilines is 1. The van der Waals surface area contributed by atoms with Crippen LogP contribution in [0.3, 0.4) is 0 Å². The van der Waals surface area contributed by atoms with Gasteiger partial charge in [-0.25, -0.2) is 9.59 Å².